The Balaban J connectivity index is 1.69. The molecule has 2 heterocycles. The van der Waals surface area contributed by atoms with E-state index in [2.05, 4.69) is 34.3 Å². The number of aryl methyl sites for hydroxylation is 1. The Labute approximate surface area is 150 Å². The third-order valence-electron chi connectivity index (χ3n) is 4.92. The number of amides is 2. The van der Waals surface area contributed by atoms with Gasteiger partial charge in [0.2, 0.25) is 5.91 Å². The van der Waals surface area contributed by atoms with E-state index in [0.717, 1.165) is 51.1 Å². The molecule has 25 heavy (non-hydrogen) atoms. The van der Waals surface area contributed by atoms with Crippen LogP contribution in [0.3, 0.4) is 0 Å². The zero-order chi connectivity index (χ0) is 18.2. The molecule has 1 fully saturated rings. The number of nitrogens with zero attached hydrogens (tertiary/aromatic N) is 3. The lowest BCUT2D eigenvalue weighted by atomic mass is 9.95. The molecule has 0 bridgehead atoms. The van der Waals surface area contributed by atoms with Crippen LogP contribution >= 0.6 is 0 Å². The summed E-state index contributed by atoms with van der Waals surface area (Å²) in [6.07, 6.45) is 2.41. The first-order chi connectivity index (χ1) is 12.0. The summed E-state index contributed by atoms with van der Waals surface area (Å²) in [6.45, 7) is 11.2. The van der Waals surface area contributed by atoms with Gasteiger partial charge in [-0.15, -0.1) is 0 Å². The minimum absolute atomic E-state index is 0.0124. The molecule has 140 valence electrons. The summed E-state index contributed by atoms with van der Waals surface area (Å²) in [4.78, 5) is 28.8. The second-order valence-corrected chi connectivity index (χ2v) is 6.67. The first-order valence-electron chi connectivity index (χ1n) is 9.36. The van der Waals surface area contributed by atoms with Crippen LogP contribution in [0, 0.1) is 12.8 Å². The number of carbonyl (C=O) groups excluding carboxylic acids is 2. The van der Waals surface area contributed by atoms with Crippen LogP contribution in [0.15, 0.2) is 6.07 Å². The minimum Gasteiger partial charge on any atom is -0.356 e. The number of rotatable bonds is 8. The molecular weight excluding hydrogens is 318 g/mol. The van der Waals surface area contributed by atoms with Crippen LogP contribution in [-0.2, 0) is 4.79 Å². The van der Waals surface area contributed by atoms with E-state index in [-0.39, 0.29) is 17.7 Å². The fourth-order valence-corrected chi connectivity index (χ4v) is 3.23. The number of aromatic nitrogens is 2. The van der Waals surface area contributed by atoms with Gasteiger partial charge >= 0.3 is 0 Å². The molecule has 1 saturated heterocycles. The third kappa shape index (κ3) is 5.56. The van der Waals surface area contributed by atoms with Crippen molar-refractivity contribution in [3.8, 4) is 0 Å². The van der Waals surface area contributed by atoms with E-state index >= 15 is 0 Å². The van der Waals surface area contributed by atoms with Crippen molar-refractivity contribution in [2.45, 2.75) is 40.0 Å². The maximum atomic E-state index is 12.4. The van der Waals surface area contributed by atoms with Crippen molar-refractivity contribution in [3.63, 3.8) is 0 Å². The number of carbonyl (C=O) groups is 2. The van der Waals surface area contributed by atoms with Gasteiger partial charge in [0.25, 0.3) is 5.91 Å². The lowest BCUT2D eigenvalue weighted by molar-refractivity contribution is -0.126. The lowest BCUT2D eigenvalue weighted by Crippen LogP contribution is -2.43. The SMILES string of the molecule is CCN(CC)CCCNC(=O)C1CCN(C(=O)c2cc(C)[nH]n2)CC1. The Hall–Kier alpha value is -1.89. The molecule has 1 aromatic rings. The van der Waals surface area contributed by atoms with E-state index in [1.807, 2.05) is 6.92 Å². The summed E-state index contributed by atoms with van der Waals surface area (Å²) < 4.78 is 0. The van der Waals surface area contributed by atoms with Gasteiger partial charge in [-0.3, -0.25) is 14.7 Å². The lowest BCUT2D eigenvalue weighted by Gasteiger charge is -2.31. The molecule has 1 aliphatic rings. The van der Waals surface area contributed by atoms with Crippen molar-refractivity contribution in [1.82, 2.24) is 25.3 Å². The van der Waals surface area contributed by atoms with Crippen LogP contribution in [0.4, 0.5) is 0 Å². The van der Waals surface area contributed by atoms with Crippen molar-refractivity contribution in [1.29, 1.82) is 0 Å². The summed E-state index contributed by atoms with van der Waals surface area (Å²) in [5, 5.41) is 9.87. The minimum atomic E-state index is -0.0533. The van der Waals surface area contributed by atoms with Crippen LogP contribution in [0.25, 0.3) is 0 Å². The second kappa shape index (κ2) is 9.56. The number of nitrogens with one attached hydrogen (secondary N) is 2. The summed E-state index contributed by atoms with van der Waals surface area (Å²) in [7, 11) is 0. The van der Waals surface area contributed by atoms with Crippen LogP contribution in [0.5, 0.6) is 0 Å². The van der Waals surface area contributed by atoms with Crippen molar-refractivity contribution in [2.75, 3.05) is 39.3 Å². The molecule has 0 aliphatic carbocycles. The van der Waals surface area contributed by atoms with Gasteiger partial charge in [0.1, 0.15) is 5.69 Å². The fourth-order valence-electron chi connectivity index (χ4n) is 3.23. The Morgan fingerprint density at radius 3 is 2.56 bits per heavy atom. The van der Waals surface area contributed by atoms with Gasteiger partial charge in [0, 0.05) is 31.2 Å². The Bertz CT molecular complexity index is 560. The first-order valence-corrected chi connectivity index (χ1v) is 9.36. The van der Waals surface area contributed by atoms with Crippen LogP contribution < -0.4 is 5.32 Å². The third-order valence-corrected chi connectivity index (χ3v) is 4.92. The van der Waals surface area contributed by atoms with E-state index in [1.54, 1.807) is 11.0 Å². The van der Waals surface area contributed by atoms with E-state index in [1.165, 1.54) is 0 Å². The monoisotopic (exact) mass is 349 g/mol. The largest absolute Gasteiger partial charge is 0.356 e. The van der Waals surface area contributed by atoms with Gasteiger partial charge in [-0.05, 0) is 51.9 Å². The summed E-state index contributed by atoms with van der Waals surface area (Å²) in [5.41, 5.74) is 1.33. The molecule has 0 saturated carbocycles. The number of aromatic amines is 1. The highest BCUT2D eigenvalue weighted by Crippen LogP contribution is 2.19. The molecule has 0 atom stereocenters. The van der Waals surface area contributed by atoms with Crippen molar-refractivity contribution < 1.29 is 9.59 Å². The first kappa shape index (κ1) is 19.4. The number of hydrogen-bond acceptors (Lipinski definition) is 4. The second-order valence-electron chi connectivity index (χ2n) is 6.67. The van der Waals surface area contributed by atoms with Gasteiger partial charge < -0.3 is 15.1 Å². The van der Waals surface area contributed by atoms with E-state index in [0.29, 0.717) is 18.8 Å². The number of hydrogen-bond donors (Lipinski definition) is 2. The van der Waals surface area contributed by atoms with Crippen molar-refractivity contribution >= 4 is 11.8 Å². The zero-order valence-electron chi connectivity index (χ0n) is 15.7. The molecule has 2 rings (SSSR count). The van der Waals surface area contributed by atoms with Gasteiger partial charge in [0.05, 0.1) is 0 Å². The smallest absolute Gasteiger partial charge is 0.274 e. The molecular formula is C18H31N5O2. The van der Waals surface area contributed by atoms with Crippen LogP contribution in [0.1, 0.15) is 49.3 Å². The van der Waals surface area contributed by atoms with E-state index in [4.69, 9.17) is 0 Å². The Morgan fingerprint density at radius 2 is 2.00 bits per heavy atom. The summed E-state index contributed by atoms with van der Waals surface area (Å²) in [6, 6.07) is 1.76. The predicted molar refractivity (Wildman–Crippen MR) is 97.4 cm³/mol. The van der Waals surface area contributed by atoms with Gasteiger partial charge in [0.15, 0.2) is 0 Å². The maximum Gasteiger partial charge on any atom is 0.274 e. The Morgan fingerprint density at radius 1 is 1.32 bits per heavy atom. The molecule has 0 radical (unpaired) electrons. The molecule has 0 spiro atoms. The van der Waals surface area contributed by atoms with E-state index < -0.39 is 0 Å². The standard InChI is InChI=1S/C18H31N5O2/c1-4-22(5-2)10-6-9-19-17(24)15-7-11-23(12-8-15)18(25)16-13-14(3)20-21-16/h13,15H,4-12H2,1-3H3,(H,19,24)(H,20,21). The van der Waals surface area contributed by atoms with Crippen molar-refractivity contribution in [2.24, 2.45) is 5.92 Å². The van der Waals surface area contributed by atoms with Crippen LogP contribution in [0.2, 0.25) is 0 Å². The topological polar surface area (TPSA) is 81.3 Å². The number of H-pyrrole nitrogens is 1. The molecule has 7 nitrogen and oxygen atoms in total. The van der Waals surface area contributed by atoms with Crippen LogP contribution in [-0.4, -0.2) is 71.1 Å². The fraction of sp³-hybridized carbons (Fsp3) is 0.722. The van der Waals surface area contributed by atoms with Gasteiger partial charge in [-0.1, -0.05) is 13.8 Å². The highest BCUT2D eigenvalue weighted by Gasteiger charge is 2.28. The molecule has 0 unspecified atom stereocenters. The molecule has 1 aromatic heterocycles. The zero-order valence-corrected chi connectivity index (χ0v) is 15.7. The predicted octanol–water partition coefficient (Wildman–Crippen LogP) is 1.42. The number of piperidine rings is 1. The number of likely N-dealkylation sites (tertiary alicyclic amines) is 1. The van der Waals surface area contributed by atoms with Gasteiger partial charge in [-0.25, -0.2) is 0 Å². The highest BCUT2D eigenvalue weighted by atomic mass is 16.2. The molecule has 7 heteroatoms. The molecule has 2 amide bonds. The highest BCUT2D eigenvalue weighted by molar-refractivity contribution is 5.92. The van der Waals surface area contributed by atoms with Gasteiger partial charge in [-0.2, -0.15) is 5.10 Å². The average molecular weight is 349 g/mol. The average Bonchev–Trinajstić information content (AvgIpc) is 3.07. The Kier molecular flexibility index (Phi) is 7.43. The van der Waals surface area contributed by atoms with E-state index in [9.17, 15) is 9.59 Å². The molecule has 0 aromatic carbocycles. The summed E-state index contributed by atoms with van der Waals surface area (Å²) >= 11 is 0. The summed E-state index contributed by atoms with van der Waals surface area (Å²) in [5.74, 6) is 0.0862. The molecule has 1 aliphatic heterocycles. The quantitative estimate of drug-likeness (QED) is 0.696. The molecule has 2 N–H and O–H groups in total. The van der Waals surface area contributed by atoms with Crippen molar-refractivity contribution in [3.05, 3.63) is 17.5 Å². The normalized spacial score (nSPS) is 15.6. The maximum absolute atomic E-state index is 12.4.